The second-order valence-corrected chi connectivity index (χ2v) is 3.68. The van der Waals surface area contributed by atoms with E-state index in [1.807, 2.05) is 24.3 Å². The number of halogens is 1. The van der Waals surface area contributed by atoms with Crippen molar-refractivity contribution in [1.82, 2.24) is 9.97 Å². The predicted octanol–water partition coefficient (Wildman–Crippen LogP) is 2.10. The van der Waals surface area contributed by atoms with Crippen LogP contribution in [0.3, 0.4) is 0 Å². The molecule has 70 valence electrons. The topological polar surface area (TPSA) is 28.8 Å². The van der Waals surface area contributed by atoms with Crippen molar-refractivity contribution in [3.63, 3.8) is 0 Å². The zero-order valence-electron chi connectivity index (χ0n) is 7.44. The highest BCUT2D eigenvalue weighted by atomic mass is 35.5. The monoisotopic (exact) mass is 205 g/mol. The minimum atomic E-state index is 0.539. The molecule has 3 rings (SSSR count). The van der Waals surface area contributed by atoms with Crippen LogP contribution in [0.5, 0.6) is 0 Å². The van der Waals surface area contributed by atoms with E-state index in [9.17, 15) is 0 Å². The van der Waals surface area contributed by atoms with Gasteiger partial charge in [0.15, 0.2) is 0 Å². The number of anilines is 1. The van der Waals surface area contributed by atoms with E-state index in [0.717, 1.165) is 29.9 Å². The van der Waals surface area contributed by atoms with Gasteiger partial charge in [-0.25, -0.2) is 9.97 Å². The fourth-order valence-corrected chi connectivity index (χ4v) is 1.65. The Morgan fingerprint density at radius 1 is 1.14 bits per heavy atom. The lowest BCUT2D eigenvalue weighted by atomic mass is 10.2. The van der Waals surface area contributed by atoms with Gasteiger partial charge in [0.2, 0.25) is 5.95 Å². The van der Waals surface area contributed by atoms with Crippen LogP contribution in [0, 0.1) is 0 Å². The molecule has 2 aromatic rings. The van der Waals surface area contributed by atoms with Gasteiger partial charge in [0.05, 0.1) is 5.52 Å². The molecule has 0 aliphatic carbocycles. The van der Waals surface area contributed by atoms with Gasteiger partial charge in [0.25, 0.3) is 0 Å². The van der Waals surface area contributed by atoms with Crippen molar-refractivity contribution >= 4 is 28.5 Å². The summed E-state index contributed by atoms with van der Waals surface area (Å²) in [5.41, 5.74) is 0.911. The Morgan fingerprint density at radius 2 is 1.93 bits per heavy atom. The molecule has 0 radical (unpaired) electrons. The maximum atomic E-state index is 6.06. The van der Waals surface area contributed by atoms with E-state index >= 15 is 0 Å². The number of aromatic nitrogens is 2. The van der Waals surface area contributed by atoms with Crippen LogP contribution in [0.1, 0.15) is 0 Å². The van der Waals surface area contributed by atoms with Gasteiger partial charge in [0.1, 0.15) is 5.15 Å². The van der Waals surface area contributed by atoms with E-state index in [1.165, 1.54) is 0 Å². The number of nitrogens with zero attached hydrogens (tertiary/aromatic N) is 3. The summed E-state index contributed by atoms with van der Waals surface area (Å²) in [6, 6.07) is 7.78. The Morgan fingerprint density at radius 3 is 2.71 bits per heavy atom. The Bertz CT molecular complexity index is 494. The lowest BCUT2D eigenvalue weighted by Gasteiger charge is -2.03. The molecule has 1 aromatic carbocycles. The summed E-state index contributed by atoms with van der Waals surface area (Å²) >= 11 is 6.06. The van der Waals surface area contributed by atoms with Crippen molar-refractivity contribution in [3.05, 3.63) is 29.4 Å². The maximum absolute atomic E-state index is 6.06. The molecule has 1 aromatic heterocycles. The summed E-state index contributed by atoms with van der Waals surface area (Å²) < 4.78 is 0. The smallest absolute Gasteiger partial charge is 0.227 e. The second kappa shape index (κ2) is 2.82. The van der Waals surface area contributed by atoms with Crippen LogP contribution in [-0.2, 0) is 0 Å². The molecule has 1 saturated heterocycles. The SMILES string of the molecule is Clc1nc(N2CC2)nc2ccccc12. The zero-order valence-corrected chi connectivity index (χ0v) is 8.20. The van der Waals surface area contributed by atoms with Crippen LogP contribution < -0.4 is 4.90 Å². The highest BCUT2D eigenvalue weighted by Crippen LogP contribution is 2.25. The summed E-state index contributed by atoms with van der Waals surface area (Å²) in [5.74, 6) is 0.744. The highest BCUT2D eigenvalue weighted by Gasteiger charge is 2.21. The van der Waals surface area contributed by atoms with E-state index < -0.39 is 0 Å². The molecule has 14 heavy (non-hydrogen) atoms. The summed E-state index contributed by atoms with van der Waals surface area (Å²) in [7, 11) is 0. The first kappa shape index (κ1) is 8.00. The molecule has 4 heteroatoms. The van der Waals surface area contributed by atoms with E-state index in [2.05, 4.69) is 14.9 Å². The van der Waals surface area contributed by atoms with Gasteiger partial charge in [-0.3, -0.25) is 0 Å². The molecule has 0 unspecified atom stereocenters. The van der Waals surface area contributed by atoms with Crippen molar-refractivity contribution in [2.75, 3.05) is 18.0 Å². The quantitative estimate of drug-likeness (QED) is 0.528. The zero-order chi connectivity index (χ0) is 9.54. The molecule has 1 aliphatic rings. The largest absolute Gasteiger partial charge is 0.337 e. The number of para-hydroxylation sites is 1. The fourth-order valence-electron chi connectivity index (χ4n) is 1.42. The van der Waals surface area contributed by atoms with Crippen molar-refractivity contribution in [3.8, 4) is 0 Å². The van der Waals surface area contributed by atoms with Crippen LogP contribution in [0.25, 0.3) is 10.9 Å². The van der Waals surface area contributed by atoms with E-state index in [1.54, 1.807) is 0 Å². The van der Waals surface area contributed by atoms with Gasteiger partial charge in [-0.1, -0.05) is 23.7 Å². The normalized spacial score (nSPS) is 14.8. The van der Waals surface area contributed by atoms with Gasteiger partial charge in [0, 0.05) is 18.5 Å². The lowest BCUT2D eigenvalue weighted by Crippen LogP contribution is -1.98. The number of rotatable bonds is 1. The third-order valence-electron chi connectivity index (χ3n) is 2.27. The van der Waals surface area contributed by atoms with E-state index in [4.69, 9.17) is 11.6 Å². The minimum Gasteiger partial charge on any atom is -0.337 e. The lowest BCUT2D eigenvalue weighted by molar-refractivity contribution is 1.14. The van der Waals surface area contributed by atoms with Crippen LogP contribution >= 0.6 is 11.6 Å². The first-order valence-corrected chi connectivity index (χ1v) is 4.89. The Labute approximate surface area is 86.3 Å². The summed E-state index contributed by atoms with van der Waals surface area (Å²) in [6.45, 7) is 2.07. The van der Waals surface area contributed by atoms with Gasteiger partial charge >= 0.3 is 0 Å². The molecule has 1 aliphatic heterocycles. The van der Waals surface area contributed by atoms with E-state index in [0.29, 0.717) is 5.15 Å². The number of benzene rings is 1. The number of fused-ring (bicyclic) bond motifs is 1. The maximum Gasteiger partial charge on any atom is 0.227 e. The first-order chi connectivity index (χ1) is 6.84. The van der Waals surface area contributed by atoms with Crippen LogP contribution in [-0.4, -0.2) is 23.1 Å². The fraction of sp³-hybridized carbons (Fsp3) is 0.200. The van der Waals surface area contributed by atoms with Gasteiger partial charge in [-0.15, -0.1) is 0 Å². The number of hydrogen-bond donors (Lipinski definition) is 0. The molecule has 0 amide bonds. The Hall–Kier alpha value is -1.35. The molecule has 0 saturated carbocycles. The molecule has 1 fully saturated rings. The average Bonchev–Trinajstić information content (AvgIpc) is 3.01. The summed E-state index contributed by atoms with van der Waals surface area (Å²) in [6.07, 6.45) is 0. The molecule has 3 nitrogen and oxygen atoms in total. The molecular weight excluding hydrogens is 198 g/mol. The molecule has 2 heterocycles. The Kier molecular flexibility index (Phi) is 1.61. The van der Waals surface area contributed by atoms with Crippen LogP contribution in [0.4, 0.5) is 5.95 Å². The first-order valence-electron chi connectivity index (χ1n) is 4.52. The van der Waals surface area contributed by atoms with Gasteiger partial charge in [-0.2, -0.15) is 0 Å². The van der Waals surface area contributed by atoms with Crippen molar-refractivity contribution < 1.29 is 0 Å². The molecule has 0 N–H and O–H groups in total. The standard InChI is InChI=1S/C10H8ClN3/c11-9-7-3-1-2-4-8(7)12-10(13-9)14-5-6-14/h1-4H,5-6H2. The third-order valence-corrected chi connectivity index (χ3v) is 2.56. The van der Waals surface area contributed by atoms with Crippen molar-refractivity contribution in [1.29, 1.82) is 0 Å². The minimum absolute atomic E-state index is 0.539. The van der Waals surface area contributed by atoms with Crippen LogP contribution in [0.2, 0.25) is 5.15 Å². The third kappa shape index (κ3) is 1.21. The average molecular weight is 206 g/mol. The van der Waals surface area contributed by atoms with Crippen LogP contribution in [0.15, 0.2) is 24.3 Å². The van der Waals surface area contributed by atoms with Crippen molar-refractivity contribution in [2.24, 2.45) is 0 Å². The molecule has 0 bridgehead atoms. The molecule has 0 atom stereocenters. The second-order valence-electron chi connectivity index (χ2n) is 3.32. The highest BCUT2D eigenvalue weighted by molar-refractivity contribution is 6.34. The summed E-state index contributed by atoms with van der Waals surface area (Å²) in [5, 5.41) is 1.46. The van der Waals surface area contributed by atoms with E-state index in [-0.39, 0.29) is 0 Å². The van der Waals surface area contributed by atoms with Gasteiger partial charge in [-0.05, 0) is 12.1 Å². The predicted molar refractivity (Wildman–Crippen MR) is 56.8 cm³/mol. The summed E-state index contributed by atoms with van der Waals surface area (Å²) in [4.78, 5) is 10.8. The number of hydrogen-bond acceptors (Lipinski definition) is 3. The van der Waals surface area contributed by atoms with Gasteiger partial charge < -0.3 is 4.90 Å². The molecule has 0 spiro atoms. The molecular formula is C10H8ClN3. The Balaban J connectivity index is 2.27. The van der Waals surface area contributed by atoms with Crippen molar-refractivity contribution in [2.45, 2.75) is 0 Å².